The number of carbonyl (C=O) groups is 1. The van der Waals surface area contributed by atoms with E-state index in [1.165, 1.54) is 0 Å². The fourth-order valence-corrected chi connectivity index (χ4v) is 2.86. The molecule has 2 N–H and O–H groups in total. The van der Waals surface area contributed by atoms with E-state index in [1.54, 1.807) is 0 Å². The minimum Gasteiger partial charge on any atom is -0.392 e. The first-order chi connectivity index (χ1) is 8.30. The van der Waals surface area contributed by atoms with Crippen molar-refractivity contribution < 1.29 is 9.90 Å². The van der Waals surface area contributed by atoms with E-state index in [0.717, 1.165) is 10.0 Å². The van der Waals surface area contributed by atoms with Gasteiger partial charge in [0, 0.05) is 21.5 Å². The van der Waals surface area contributed by atoms with Crippen LogP contribution in [0.5, 0.6) is 0 Å². The van der Waals surface area contributed by atoms with Gasteiger partial charge in [-0.2, -0.15) is 0 Å². The predicted molar refractivity (Wildman–Crippen MR) is 74.5 cm³/mol. The van der Waals surface area contributed by atoms with Gasteiger partial charge in [-0.05, 0) is 37.1 Å². The Morgan fingerprint density at radius 1 is 1.44 bits per heavy atom. The molecule has 98 valence electrons. The van der Waals surface area contributed by atoms with E-state index in [0.29, 0.717) is 12.0 Å². The van der Waals surface area contributed by atoms with Gasteiger partial charge < -0.3 is 10.4 Å². The summed E-state index contributed by atoms with van der Waals surface area (Å²) in [6, 6.07) is 5.68. The van der Waals surface area contributed by atoms with Crippen molar-refractivity contribution in [3.8, 4) is 0 Å². The van der Waals surface area contributed by atoms with Gasteiger partial charge in [-0.25, -0.2) is 0 Å². The van der Waals surface area contributed by atoms with Gasteiger partial charge in [-0.3, -0.25) is 4.79 Å². The number of aliphatic hydroxyl groups excluding tert-OH is 1. The van der Waals surface area contributed by atoms with Gasteiger partial charge in [0.15, 0.2) is 0 Å². The summed E-state index contributed by atoms with van der Waals surface area (Å²) in [4.78, 5) is 12.1. The lowest BCUT2D eigenvalue weighted by atomic mass is 9.64. The highest BCUT2D eigenvalue weighted by molar-refractivity contribution is 9.10. The third-order valence-electron chi connectivity index (χ3n) is 3.83. The van der Waals surface area contributed by atoms with Crippen molar-refractivity contribution in [1.82, 2.24) is 5.32 Å². The number of carbonyl (C=O) groups excluding carboxylic acids is 1. The Morgan fingerprint density at radius 3 is 2.61 bits per heavy atom. The Kier molecular flexibility index (Phi) is 3.52. The number of hydrogen-bond acceptors (Lipinski definition) is 2. The molecule has 2 unspecified atom stereocenters. The van der Waals surface area contributed by atoms with Gasteiger partial charge in [0.1, 0.15) is 0 Å². The van der Waals surface area contributed by atoms with Crippen molar-refractivity contribution in [3.63, 3.8) is 0 Å². The molecule has 0 radical (unpaired) electrons. The largest absolute Gasteiger partial charge is 0.392 e. The second-order valence-corrected chi connectivity index (χ2v) is 6.53. The molecule has 1 aliphatic carbocycles. The van der Waals surface area contributed by atoms with Crippen molar-refractivity contribution in [2.75, 3.05) is 0 Å². The quantitative estimate of drug-likeness (QED) is 0.882. The molecule has 1 aromatic rings. The minimum absolute atomic E-state index is 0.0410. The van der Waals surface area contributed by atoms with E-state index in [9.17, 15) is 9.90 Å². The molecule has 2 rings (SSSR count). The molecule has 18 heavy (non-hydrogen) atoms. The van der Waals surface area contributed by atoms with Crippen molar-refractivity contribution >= 4 is 21.8 Å². The van der Waals surface area contributed by atoms with Crippen LogP contribution in [0.1, 0.15) is 36.2 Å². The molecule has 0 spiro atoms. The fraction of sp³-hybridized carbons (Fsp3) is 0.500. The van der Waals surface area contributed by atoms with Crippen molar-refractivity contribution in [1.29, 1.82) is 0 Å². The lowest BCUT2D eigenvalue weighted by molar-refractivity contribution is -0.0689. The SMILES string of the molecule is Cc1cc(Br)cc(C(=O)NC2CC(O)C2(C)C)c1. The van der Waals surface area contributed by atoms with Crippen LogP contribution < -0.4 is 5.32 Å². The molecule has 0 bridgehead atoms. The summed E-state index contributed by atoms with van der Waals surface area (Å²) in [7, 11) is 0. The van der Waals surface area contributed by atoms with Crippen LogP contribution in [0.2, 0.25) is 0 Å². The van der Waals surface area contributed by atoms with Gasteiger partial charge >= 0.3 is 0 Å². The normalized spacial score (nSPS) is 25.4. The predicted octanol–water partition coefficient (Wildman–Crippen LogP) is 2.65. The number of amides is 1. The van der Waals surface area contributed by atoms with Crippen molar-refractivity contribution in [3.05, 3.63) is 33.8 Å². The molecule has 0 aromatic heterocycles. The van der Waals surface area contributed by atoms with Crippen LogP contribution in [0.25, 0.3) is 0 Å². The van der Waals surface area contributed by atoms with Gasteiger partial charge in [-0.15, -0.1) is 0 Å². The van der Waals surface area contributed by atoms with E-state index in [1.807, 2.05) is 39.0 Å². The summed E-state index contributed by atoms with van der Waals surface area (Å²) in [5.41, 5.74) is 1.46. The molecule has 4 heteroatoms. The third-order valence-corrected chi connectivity index (χ3v) is 4.28. The van der Waals surface area contributed by atoms with Gasteiger partial charge in [0.2, 0.25) is 0 Å². The molecule has 0 saturated heterocycles. The molecule has 3 nitrogen and oxygen atoms in total. The summed E-state index contributed by atoms with van der Waals surface area (Å²) in [6.45, 7) is 5.90. The van der Waals surface area contributed by atoms with E-state index in [4.69, 9.17) is 0 Å². The van der Waals surface area contributed by atoms with Crippen LogP contribution in [0, 0.1) is 12.3 Å². The van der Waals surface area contributed by atoms with Crippen molar-refractivity contribution in [2.24, 2.45) is 5.41 Å². The van der Waals surface area contributed by atoms with E-state index >= 15 is 0 Å². The first-order valence-corrected chi connectivity index (χ1v) is 6.86. The highest BCUT2D eigenvalue weighted by atomic mass is 79.9. The number of aryl methyl sites for hydroxylation is 1. The molecule has 1 aromatic carbocycles. The second-order valence-electron chi connectivity index (χ2n) is 5.62. The second kappa shape index (κ2) is 4.67. The topological polar surface area (TPSA) is 49.3 Å². The van der Waals surface area contributed by atoms with Crippen LogP contribution in [-0.2, 0) is 0 Å². The van der Waals surface area contributed by atoms with Gasteiger partial charge in [0.25, 0.3) is 5.91 Å². The maximum Gasteiger partial charge on any atom is 0.251 e. The number of halogens is 1. The number of nitrogens with one attached hydrogen (secondary N) is 1. The molecule has 2 atom stereocenters. The van der Waals surface area contributed by atoms with Crippen LogP contribution in [-0.4, -0.2) is 23.2 Å². The first kappa shape index (κ1) is 13.6. The first-order valence-electron chi connectivity index (χ1n) is 6.07. The van der Waals surface area contributed by atoms with Crippen LogP contribution >= 0.6 is 15.9 Å². The molecule has 0 heterocycles. The summed E-state index contributed by atoms with van der Waals surface area (Å²) in [5.74, 6) is -0.0793. The molecular weight excluding hydrogens is 294 g/mol. The van der Waals surface area contributed by atoms with Crippen molar-refractivity contribution in [2.45, 2.75) is 39.3 Å². The zero-order valence-corrected chi connectivity index (χ0v) is 12.4. The molecule has 1 fully saturated rings. The molecular formula is C14H18BrNO2. The highest BCUT2D eigenvalue weighted by Gasteiger charge is 2.47. The fourth-order valence-electron chi connectivity index (χ4n) is 2.26. The van der Waals surface area contributed by atoms with Gasteiger partial charge in [0.05, 0.1) is 6.10 Å². The Balaban J connectivity index is 2.09. The van der Waals surface area contributed by atoms with E-state index in [2.05, 4.69) is 21.2 Å². The molecule has 0 aliphatic heterocycles. The van der Waals surface area contributed by atoms with Gasteiger partial charge in [-0.1, -0.05) is 29.8 Å². The Hall–Kier alpha value is -0.870. The number of aliphatic hydroxyl groups is 1. The molecule has 1 aliphatic rings. The Morgan fingerprint density at radius 2 is 2.11 bits per heavy atom. The maximum absolute atomic E-state index is 12.1. The summed E-state index contributed by atoms with van der Waals surface area (Å²) >= 11 is 3.39. The van der Waals surface area contributed by atoms with E-state index < -0.39 is 0 Å². The van der Waals surface area contributed by atoms with Crippen LogP contribution in [0.4, 0.5) is 0 Å². The maximum atomic E-state index is 12.1. The number of benzene rings is 1. The molecule has 1 saturated carbocycles. The molecule has 1 amide bonds. The standard InChI is InChI=1S/C14H18BrNO2/c1-8-4-9(6-10(15)5-8)13(18)16-11-7-12(17)14(11,2)3/h4-6,11-12,17H,7H2,1-3H3,(H,16,18). The number of hydrogen-bond donors (Lipinski definition) is 2. The minimum atomic E-state index is -0.327. The zero-order chi connectivity index (χ0) is 13.5. The number of rotatable bonds is 2. The lowest BCUT2D eigenvalue weighted by Crippen LogP contribution is -2.61. The monoisotopic (exact) mass is 311 g/mol. The summed E-state index contributed by atoms with van der Waals surface area (Å²) in [6.07, 6.45) is 0.304. The highest BCUT2D eigenvalue weighted by Crippen LogP contribution is 2.40. The average Bonchev–Trinajstić information content (AvgIpc) is 2.27. The van der Waals surface area contributed by atoms with Crippen LogP contribution in [0.3, 0.4) is 0 Å². The lowest BCUT2D eigenvalue weighted by Gasteiger charge is -2.49. The average molecular weight is 312 g/mol. The smallest absolute Gasteiger partial charge is 0.251 e. The van der Waals surface area contributed by atoms with E-state index in [-0.39, 0.29) is 23.5 Å². The summed E-state index contributed by atoms with van der Waals surface area (Å²) < 4.78 is 0.903. The zero-order valence-electron chi connectivity index (χ0n) is 10.8. The Labute approximate surface area is 116 Å². The summed E-state index contributed by atoms with van der Waals surface area (Å²) in [5, 5.41) is 12.6. The third kappa shape index (κ3) is 2.45. The Bertz CT molecular complexity index is 464. The van der Waals surface area contributed by atoms with Crippen LogP contribution in [0.15, 0.2) is 22.7 Å².